The van der Waals surface area contributed by atoms with Crippen molar-refractivity contribution in [1.82, 2.24) is 9.62 Å². The molecule has 1 aromatic carbocycles. The van der Waals surface area contributed by atoms with Crippen LogP contribution in [0.25, 0.3) is 0 Å². The van der Waals surface area contributed by atoms with E-state index in [0.29, 0.717) is 0 Å². The fourth-order valence-corrected chi connectivity index (χ4v) is 4.41. The monoisotopic (exact) mass is 478 g/mol. The van der Waals surface area contributed by atoms with E-state index in [1.54, 1.807) is 33.8 Å². The Hall–Kier alpha value is -3.23. The molecule has 0 unspecified atom stereocenters. The molecule has 0 aliphatic rings. The molecule has 3 N–H and O–H groups in total. The number of ketones is 1. The highest BCUT2D eigenvalue weighted by Gasteiger charge is 2.28. The molecule has 1 atom stereocenters. The Morgan fingerprint density at radius 3 is 2.30 bits per heavy atom. The van der Waals surface area contributed by atoms with Crippen LogP contribution >= 0.6 is 0 Å². The van der Waals surface area contributed by atoms with Gasteiger partial charge in [0.05, 0.1) is 4.90 Å². The summed E-state index contributed by atoms with van der Waals surface area (Å²) in [6, 6.07) is 6.05. The minimum Gasteiger partial charge on any atom is -0.456 e. The number of amides is 1. The lowest BCUT2D eigenvalue weighted by molar-refractivity contribution is -0.150. The van der Waals surface area contributed by atoms with E-state index < -0.39 is 46.2 Å². The Labute approximate surface area is 194 Å². The first-order chi connectivity index (χ1) is 15.4. The van der Waals surface area contributed by atoms with Crippen molar-refractivity contribution >= 4 is 27.7 Å². The first-order valence-electron chi connectivity index (χ1n) is 10.4. The molecular formula is C22H30N4O6S. The SMILES string of the molecule is CCN(CC)S(=O)(=O)c1cccc(C(=O)N[C@H](C(=O)OCC(=O)C(C#N)=C(C)N)C(C)C)c1. The number of esters is 1. The number of hydrogen-bond donors (Lipinski definition) is 2. The number of benzene rings is 1. The number of allylic oxidation sites excluding steroid dienone is 1. The fraction of sp³-hybridized carbons (Fsp3) is 0.455. The van der Waals surface area contributed by atoms with E-state index in [-0.39, 0.29) is 34.8 Å². The molecule has 0 aliphatic heterocycles. The van der Waals surface area contributed by atoms with Gasteiger partial charge >= 0.3 is 5.97 Å². The summed E-state index contributed by atoms with van der Waals surface area (Å²) in [5, 5.41) is 11.5. The number of carbonyl (C=O) groups excluding carboxylic acids is 3. The molecule has 0 aromatic heterocycles. The van der Waals surface area contributed by atoms with Gasteiger partial charge in [0.1, 0.15) is 17.7 Å². The normalized spacial score (nSPS) is 13.2. The number of sulfonamides is 1. The maximum atomic E-state index is 12.8. The molecule has 33 heavy (non-hydrogen) atoms. The molecule has 0 saturated carbocycles. The van der Waals surface area contributed by atoms with Crippen LogP contribution in [0.3, 0.4) is 0 Å². The number of Topliss-reactive ketones (excluding diaryl/α,β-unsaturated/α-hetero) is 1. The van der Waals surface area contributed by atoms with Crippen LogP contribution in [0.2, 0.25) is 0 Å². The quantitative estimate of drug-likeness (QED) is 0.274. The summed E-state index contributed by atoms with van der Waals surface area (Å²) in [6.07, 6.45) is 0. The smallest absolute Gasteiger partial charge is 0.329 e. The molecule has 0 heterocycles. The fourth-order valence-electron chi connectivity index (χ4n) is 2.90. The van der Waals surface area contributed by atoms with Gasteiger partial charge < -0.3 is 15.8 Å². The van der Waals surface area contributed by atoms with E-state index >= 15 is 0 Å². The van der Waals surface area contributed by atoms with Crippen molar-refractivity contribution in [2.24, 2.45) is 11.7 Å². The van der Waals surface area contributed by atoms with Gasteiger partial charge in [-0.25, -0.2) is 13.2 Å². The van der Waals surface area contributed by atoms with Gasteiger partial charge in [0.2, 0.25) is 15.8 Å². The summed E-state index contributed by atoms with van der Waals surface area (Å²) in [7, 11) is -3.77. The zero-order valence-corrected chi connectivity index (χ0v) is 20.2. The Bertz CT molecular complexity index is 1060. The second kappa shape index (κ2) is 12.1. The van der Waals surface area contributed by atoms with Crippen LogP contribution in [0.4, 0.5) is 0 Å². The summed E-state index contributed by atoms with van der Waals surface area (Å²) in [4.78, 5) is 37.2. The van der Waals surface area contributed by atoms with Gasteiger partial charge in [-0.15, -0.1) is 0 Å². The van der Waals surface area contributed by atoms with Crippen molar-refractivity contribution in [3.8, 4) is 6.07 Å². The van der Waals surface area contributed by atoms with E-state index in [2.05, 4.69) is 5.32 Å². The molecule has 0 spiro atoms. The molecule has 0 saturated heterocycles. The largest absolute Gasteiger partial charge is 0.456 e. The van der Waals surface area contributed by atoms with E-state index in [9.17, 15) is 22.8 Å². The van der Waals surface area contributed by atoms with Crippen molar-refractivity contribution in [2.75, 3.05) is 19.7 Å². The van der Waals surface area contributed by atoms with E-state index in [4.69, 9.17) is 15.7 Å². The number of hydrogen-bond acceptors (Lipinski definition) is 8. The van der Waals surface area contributed by atoms with Crippen molar-refractivity contribution in [3.63, 3.8) is 0 Å². The molecule has 10 nitrogen and oxygen atoms in total. The predicted octanol–water partition coefficient (Wildman–Crippen LogP) is 1.34. The third-order valence-corrected chi connectivity index (χ3v) is 6.82. The molecule has 1 aromatic rings. The first-order valence-corrected chi connectivity index (χ1v) is 11.8. The Kier molecular flexibility index (Phi) is 10.2. The lowest BCUT2D eigenvalue weighted by Gasteiger charge is -2.21. The van der Waals surface area contributed by atoms with Crippen molar-refractivity contribution in [3.05, 3.63) is 41.1 Å². The van der Waals surface area contributed by atoms with Gasteiger partial charge in [0.15, 0.2) is 6.61 Å². The minimum atomic E-state index is -3.77. The number of nitriles is 1. The Morgan fingerprint density at radius 1 is 1.21 bits per heavy atom. The highest BCUT2D eigenvalue weighted by atomic mass is 32.2. The van der Waals surface area contributed by atoms with Gasteiger partial charge in [-0.05, 0) is 31.0 Å². The number of nitrogens with one attached hydrogen (secondary N) is 1. The molecule has 0 aliphatic carbocycles. The van der Waals surface area contributed by atoms with Crippen LogP contribution in [0.5, 0.6) is 0 Å². The van der Waals surface area contributed by atoms with Crippen molar-refractivity contribution < 1.29 is 27.5 Å². The van der Waals surface area contributed by atoms with Gasteiger partial charge in [-0.3, -0.25) is 9.59 Å². The predicted molar refractivity (Wildman–Crippen MR) is 121 cm³/mol. The molecule has 0 bridgehead atoms. The maximum absolute atomic E-state index is 12.8. The van der Waals surface area contributed by atoms with Gasteiger partial charge in [-0.1, -0.05) is 33.8 Å². The van der Waals surface area contributed by atoms with Crippen LogP contribution in [-0.2, 0) is 24.3 Å². The van der Waals surface area contributed by atoms with E-state index in [1.807, 2.05) is 0 Å². The van der Waals surface area contributed by atoms with Crippen LogP contribution in [0, 0.1) is 17.2 Å². The average Bonchev–Trinajstić information content (AvgIpc) is 2.76. The lowest BCUT2D eigenvalue weighted by Crippen LogP contribution is -2.45. The van der Waals surface area contributed by atoms with E-state index in [1.165, 1.54) is 35.5 Å². The summed E-state index contributed by atoms with van der Waals surface area (Å²) in [5.41, 5.74) is 5.21. The number of rotatable bonds is 11. The molecule has 0 fully saturated rings. The second-order valence-electron chi connectivity index (χ2n) is 7.51. The maximum Gasteiger partial charge on any atom is 0.329 e. The van der Waals surface area contributed by atoms with Gasteiger partial charge in [-0.2, -0.15) is 9.57 Å². The number of carbonyl (C=O) groups is 3. The summed E-state index contributed by atoms with van der Waals surface area (Å²) >= 11 is 0. The summed E-state index contributed by atoms with van der Waals surface area (Å²) in [6.45, 7) is 8.00. The first kappa shape index (κ1) is 27.8. The molecule has 1 amide bonds. The van der Waals surface area contributed by atoms with Crippen LogP contribution in [0.15, 0.2) is 40.4 Å². The number of nitrogens with zero attached hydrogens (tertiary/aromatic N) is 2. The number of nitrogens with two attached hydrogens (primary N) is 1. The van der Waals surface area contributed by atoms with E-state index in [0.717, 1.165) is 0 Å². The van der Waals surface area contributed by atoms with Crippen molar-refractivity contribution in [1.29, 1.82) is 5.26 Å². The van der Waals surface area contributed by atoms with Crippen LogP contribution < -0.4 is 11.1 Å². The zero-order chi connectivity index (χ0) is 25.3. The molecule has 1 rings (SSSR count). The van der Waals surface area contributed by atoms with Crippen LogP contribution in [-0.4, -0.2) is 56.1 Å². The highest BCUT2D eigenvalue weighted by molar-refractivity contribution is 7.89. The minimum absolute atomic E-state index is 0.00630. The summed E-state index contributed by atoms with van der Waals surface area (Å²) in [5.74, 6) is -2.70. The average molecular weight is 479 g/mol. The Balaban J connectivity index is 3.03. The van der Waals surface area contributed by atoms with Crippen molar-refractivity contribution in [2.45, 2.75) is 45.6 Å². The molecule has 180 valence electrons. The standard InChI is InChI=1S/C22H30N4O6S/c1-6-26(7-2)33(30,31)17-10-8-9-16(11-17)21(28)25-20(14(3)4)22(29)32-13-19(27)18(12-23)15(5)24/h8-11,14,20H,6-7,13,24H2,1-5H3,(H,25,28)/t20-/m0/s1. The Morgan fingerprint density at radius 2 is 1.82 bits per heavy atom. The van der Waals surface area contributed by atoms with Crippen LogP contribution in [0.1, 0.15) is 45.0 Å². The van der Waals surface area contributed by atoms with Gasteiger partial charge in [0, 0.05) is 24.4 Å². The summed E-state index contributed by atoms with van der Waals surface area (Å²) < 4.78 is 31.7. The number of ether oxygens (including phenoxy) is 1. The molecular weight excluding hydrogens is 448 g/mol. The highest BCUT2D eigenvalue weighted by Crippen LogP contribution is 2.17. The topological polar surface area (TPSA) is 160 Å². The third kappa shape index (κ3) is 7.13. The third-order valence-electron chi connectivity index (χ3n) is 4.78. The zero-order valence-electron chi connectivity index (χ0n) is 19.4. The molecule has 11 heteroatoms. The molecule has 0 radical (unpaired) electrons. The second-order valence-corrected chi connectivity index (χ2v) is 9.45. The lowest BCUT2D eigenvalue weighted by atomic mass is 10.0. The van der Waals surface area contributed by atoms with Gasteiger partial charge in [0.25, 0.3) is 5.91 Å².